The van der Waals surface area contributed by atoms with Gasteiger partial charge >= 0.3 is 0 Å². The summed E-state index contributed by atoms with van der Waals surface area (Å²) in [5.41, 5.74) is 0.199. The van der Waals surface area contributed by atoms with Gasteiger partial charge in [0.25, 0.3) is 0 Å². The lowest BCUT2D eigenvalue weighted by Crippen LogP contribution is -2.55. The second-order valence-electron chi connectivity index (χ2n) is 7.08. The molecule has 1 heterocycles. The maximum Gasteiger partial charge on any atom is 0.163 e. The lowest BCUT2D eigenvalue weighted by Gasteiger charge is -2.55. The van der Waals surface area contributed by atoms with Crippen molar-refractivity contribution in [1.29, 1.82) is 0 Å². The highest BCUT2D eigenvalue weighted by molar-refractivity contribution is 5.80. The summed E-state index contributed by atoms with van der Waals surface area (Å²) in [7, 11) is 0. The molecule has 0 spiro atoms. The van der Waals surface area contributed by atoms with Gasteiger partial charge in [0.2, 0.25) is 0 Å². The lowest BCUT2D eigenvalue weighted by molar-refractivity contribution is -0.314. The third-order valence-corrected chi connectivity index (χ3v) is 5.28. The van der Waals surface area contributed by atoms with Crippen molar-refractivity contribution in [3.63, 3.8) is 0 Å². The Balaban J connectivity index is 1.80. The van der Waals surface area contributed by atoms with Crippen LogP contribution in [0.4, 0.5) is 0 Å². The van der Waals surface area contributed by atoms with Crippen molar-refractivity contribution >= 4 is 5.78 Å². The molecule has 0 amide bonds. The standard InChI is InChI=1S/C15H24O3/c1-14(2)17-9-11-12-5-4-10(16)8-15(12,3)7-6-13(11)18-14/h11-13H,4-9H2,1-3H3/t11-,12-,13+,15+/m1/s1. The number of ether oxygens (including phenoxy) is 2. The molecule has 0 aromatic heterocycles. The van der Waals surface area contributed by atoms with E-state index in [-0.39, 0.29) is 5.41 Å². The summed E-state index contributed by atoms with van der Waals surface area (Å²) < 4.78 is 11.9. The Labute approximate surface area is 109 Å². The van der Waals surface area contributed by atoms with E-state index < -0.39 is 5.79 Å². The van der Waals surface area contributed by atoms with Crippen molar-refractivity contribution in [2.45, 2.75) is 64.8 Å². The molecule has 102 valence electrons. The third kappa shape index (κ3) is 2.01. The fraction of sp³-hybridized carbons (Fsp3) is 0.933. The Morgan fingerprint density at radius 2 is 2.00 bits per heavy atom. The second-order valence-corrected chi connectivity index (χ2v) is 7.08. The van der Waals surface area contributed by atoms with Crippen LogP contribution in [0.1, 0.15) is 52.9 Å². The highest BCUT2D eigenvalue weighted by atomic mass is 16.7. The van der Waals surface area contributed by atoms with Gasteiger partial charge in [-0.2, -0.15) is 0 Å². The number of fused-ring (bicyclic) bond motifs is 3. The maximum absolute atomic E-state index is 11.7. The zero-order valence-electron chi connectivity index (χ0n) is 11.7. The Morgan fingerprint density at radius 1 is 1.22 bits per heavy atom. The van der Waals surface area contributed by atoms with E-state index >= 15 is 0 Å². The van der Waals surface area contributed by atoms with Gasteiger partial charge in [0, 0.05) is 18.8 Å². The molecule has 3 rings (SSSR count). The van der Waals surface area contributed by atoms with E-state index in [4.69, 9.17) is 9.47 Å². The average Bonchev–Trinajstić information content (AvgIpc) is 2.27. The minimum atomic E-state index is -0.431. The molecule has 0 aromatic carbocycles. The van der Waals surface area contributed by atoms with Gasteiger partial charge in [0.15, 0.2) is 5.79 Å². The van der Waals surface area contributed by atoms with Crippen molar-refractivity contribution in [2.24, 2.45) is 17.3 Å². The summed E-state index contributed by atoms with van der Waals surface area (Å²) in [6, 6.07) is 0. The van der Waals surface area contributed by atoms with Crippen LogP contribution in [0.15, 0.2) is 0 Å². The summed E-state index contributed by atoms with van der Waals surface area (Å²) in [6.07, 6.45) is 5.10. The minimum absolute atomic E-state index is 0.199. The number of carbonyl (C=O) groups is 1. The topological polar surface area (TPSA) is 35.5 Å². The highest BCUT2D eigenvalue weighted by Crippen LogP contribution is 2.54. The molecule has 4 atom stereocenters. The van der Waals surface area contributed by atoms with E-state index in [0.29, 0.717) is 23.7 Å². The van der Waals surface area contributed by atoms with E-state index in [0.717, 1.165) is 38.7 Å². The zero-order chi connectivity index (χ0) is 13.0. The van der Waals surface area contributed by atoms with Crippen LogP contribution in [0, 0.1) is 17.3 Å². The SMILES string of the molecule is CC1(C)OC[C@H]2[C@H](CC[C@@]3(C)CC(=O)CC[C@H]23)O1. The first-order valence-electron chi connectivity index (χ1n) is 7.23. The van der Waals surface area contributed by atoms with Gasteiger partial charge in [-0.3, -0.25) is 4.79 Å². The molecule has 1 saturated heterocycles. The minimum Gasteiger partial charge on any atom is -0.350 e. The summed E-state index contributed by atoms with van der Waals surface area (Å²) in [5, 5.41) is 0. The van der Waals surface area contributed by atoms with Gasteiger partial charge in [0.1, 0.15) is 5.78 Å². The van der Waals surface area contributed by atoms with Crippen molar-refractivity contribution in [2.75, 3.05) is 6.61 Å². The first-order chi connectivity index (χ1) is 8.40. The van der Waals surface area contributed by atoms with E-state index in [9.17, 15) is 4.79 Å². The molecule has 18 heavy (non-hydrogen) atoms. The summed E-state index contributed by atoms with van der Waals surface area (Å²) in [5.74, 6) is 1.11. The third-order valence-electron chi connectivity index (χ3n) is 5.28. The number of hydrogen-bond acceptors (Lipinski definition) is 3. The van der Waals surface area contributed by atoms with Crippen LogP contribution in [0.25, 0.3) is 0 Å². The average molecular weight is 252 g/mol. The quantitative estimate of drug-likeness (QED) is 0.665. The van der Waals surface area contributed by atoms with E-state index in [2.05, 4.69) is 6.92 Å². The van der Waals surface area contributed by atoms with E-state index in [1.165, 1.54) is 0 Å². The molecule has 3 nitrogen and oxygen atoms in total. The fourth-order valence-electron chi connectivity index (χ4n) is 4.35. The first kappa shape index (κ1) is 12.6. The lowest BCUT2D eigenvalue weighted by atomic mass is 9.55. The molecule has 3 fully saturated rings. The van der Waals surface area contributed by atoms with Crippen LogP contribution in [0.3, 0.4) is 0 Å². The van der Waals surface area contributed by atoms with Gasteiger partial charge in [-0.05, 0) is 44.4 Å². The molecular weight excluding hydrogens is 228 g/mol. The molecule has 0 radical (unpaired) electrons. The van der Waals surface area contributed by atoms with E-state index in [1.807, 2.05) is 13.8 Å². The van der Waals surface area contributed by atoms with Crippen LogP contribution < -0.4 is 0 Å². The molecule has 0 N–H and O–H groups in total. The molecule has 3 heteroatoms. The molecule has 2 saturated carbocycles. The monoisotopic (exact) mass is 252 g/mol. The van der Waals surface area contributed by atoms with Crippen LogP contribution in [-0.2, 0) is 14.3 Å². The Bertz CT molecular complexity index is 363. The molecule has 2 aliphatic carbocycles. The summed E-state index contributed by atoms with van der Waals surface area (Å²) in [4.78, 5) is 11.7. The van der Waals surface area contributed by atoms with Gasteiger partial charge in [-0.15, -0.1) is 0 Å². The molecule has 0 unspecified atom stereocenters. The van der Waals surface area contributed by atoms with Gasteiger partial charge < -0.3 is 9.47 Å². The maximum atomic E-state index is 11.7. The molecule has 0 bridgehead atoms. The van der Waals surface area contributed by atoms with Crippen molar-refractivity contribution in [1.82, 2.24) is 0 Å². The Kier molecular flexibility index (Phi) is 2.83. The molecule has 0 aromatic rings. The molecular formula is C15H24O3. The highest BCUT2D eigenvalue weighted by Gasteiger charge is 2.52. The smallest absolute Gasteiger partial charge is 0.163 e. The van der Waals surface area contributed by atoms with Crippen LogP contribution in [0.2, 0.25) is 0 Å². The Hall–Kier alpha value is -0.410. The second kappa shape index (κ2) is 4.04. The van der Waals surface area contributed by atoms with Crippen molar-refractivity contribution in [3.8, 4) is 0 Å². The van der Waals surface area contributed by atoms with Crippen LogP contribution >= 0.6 is 0 Å². The number of Topliss-reactive ketones (excluding diaryl/α,β-unsaturated/α-hetero) is 1. The van der Waals surface area contributed by atoms with Crippen LogP contribution in [0.5, 0.6) is 0 Å². The van der Waals surface area contributed by atoms with Crippen molar-refractivity contribution in [3.05, 3.63) is 0 Å². The number of ketones is 1. The normalized spacial score (nSPS) is 47.3. The van der Waals surface area contributed by atoms with Gasteiger partial charge in [-0.25, -0.2) is 0 Å². The van der Waals surface area contributed by atoms with E-state index in [1.54, 1.807) is 0 Å². The predicted molar refractivity (Wildman–Crippen MR) is 68.1 cm³/mol. The summed E-state index contributed by atoms with van der Waals surface area (Å²) in [6.45, 7) is 7.10. The fourth-order valence-corrected chi connectivity index (χ4v) is 4.35. The predicted octanol–water partition coefficient (Wildman–Crippen LogP) is 2.92. The van der Waals surface area contributed by atoms with Crippen molar-refractivity contribution < 1.29 is 14.3 Å². The number of rotatable bonds is 0. The summed E-state index contributed by atoms with van der Waals surface area (Å²) >= 11 is 0. The van der Waals surface area contributed by atoms with Gasteiger partial charge in [0.05, 0.1) is 12.7 Å². The molecule has 1 aliphatic heterocycles. The number of carbonyl (C=O) groups excluding carboxylic acids is 1. The number of hydrogen-bond donors (Lipinski definition) is 0. The Morgan fingerprint density at radius 3 is 2.78 bits per heavy atom. The van der Waals surface area contributed by atoms with Gasteiger partial charge in [-0.1, -0.05) is 6.92 Å². The first-order valence-corrected chi connectivity index (χ1v) is 7.23. The van der Waals surface area contributed by atoms with Crippen LogP contribution in [-0.4, -0.2) is 24.3 Å². The largest absolute Gasteiger partial charge is 0.350 e. The molecule has 3 aliphatic rings. The zero-order valence-corrected chi connectivity index (χ0v) is 11.7.